The van der Waals surface area contributed by atoms with Crippen LogP contribution in [0.3, 0.4) is 0 Å². The Balaban J connectivity index is 2.23. The Hall–Kier alpha value is -0.610. The largest absolute Gasteiger partial charge is 0.411 e. The van der Waals surface area contributed by atoms with Crippen LogP contribution >= 0.6 is 0 Å². The average molecular weight is 198 g/mol. The quantitative estimate of drug-likeness (QED) is 0.443. The SMILES string of the molecule is CC1(NO)CC2C(C/C1=N/O)C2(C)C. The van der Waals surface area contributed by atoms with E-state index in [1.807, 2.05) is 6.92 Å². The summed E-state index contributed by atoms with van der Waals surface area (Å²) in [6.07, 6.45) is 1.64. The van der Waals surface area contributed by atoms with E-state index in [0.717, 1.165) is 12.8 Å². The van der Waals surface area contributed by atoms with E-state index < -0.39 is 5.54 Å². The molecule has 0 aromatic heterocycles. The summed E-state index contributed by atoms with van der Waals surface area (Å²) in [6, 6.07) is 0. The highest BCUT2D eigenvalue weighted by atomic mass is 16.5. The molecule has 0 aromatic carbocycles. The van der Waals surface area contributed by atoms with Crippen molar-refractivity contribution in [2.24, 2.45) is 22.4 Å². The molecule has 0 amide bonds. The first-order valence-corrected chi connectivity index (χ1v) is 5.08. The minimum atomic E-state index is -0.538. The number of hydrogen-bond donors (Lipinski definition) is 3. The molecule has 2 aliphatic carbocycles. The van der Waals surface area contributed by atoms with E-state index in [4.69, 9.17) is 10.4 Å². The number of nitrogens with one attached hydrogen (secondary N) is 1. The summed E-state index contributed by atoms with van der Waals surface area (Å²) in [6.45, 7) is 6.35. The summed E-state index contributed by atoms with van der Waals surface area (Å²) in [5.41, 5.74) is 2.76. The van der Waals surface area contributed by atoms with Gasteiger partial charge in [-0.1, -0.05) is 19.0 Å². The molecule has 2 saturated carbocycles. The van der Waals surface area contributed by atoms with Gasteiger partial charge < -0.3 is 10.4 Å². The maximum absolute atomic E-state index is 9.12. The third kappa shape index (κ3) is 1.10. The van der Waals surface area contributed by atoms with Gasteiger partial charge in [0.25, 0.3) is 0 Å². The van der Waals surface area contributed by atoms with Crippen LogP contribution in [0.15, 0.2) is 5.16 Å². The fraction of sp³-hybridized carbons (Fsp3) is 0.900. The Bertz CT molecular complexity index is 288. The Morgan fingerprint density at radius 1 is 1.36 bits per heavy atom. The van der Waals surface area contributed by atoms with E-state index in [0.29, 0.717) is 23.0 Å². The summed E-state index contributed by atoms with van der Waals surface area (Å²) in [5, 5.41) is 21.3. The number of hydroxylamine groups is 1. The molecule has 0 aromatic rings. The molecule has 2 fully saturated rings. The molecule has 0 heterocycles. The van der Waals surface area contributed by atoms with Crippen molar-refractivity contribution in [1.82, 2.24) is 5.48 Å². The fourth-order valence-corrected chi connectivity index (χ4v) is 2.92. The Morgan fingerprint density at radius 3 is 2.50 bits per heavy atom. The monoisotopic (exact) mass is 198 g/mol. The van der Waals surface area contributed by atoms with Crippen molar-refractivity contribution in [1.29, 1.82) is 0 Å². The van der Waals surface area contributed by atoms with Crippen molar-refractivity contribution in [2.75, 3.05) is 0 Å². The second kappa shape index (κ2) is 2.70. The van der Waals surface area contributed by atoms with Gasteiger partial charge in [-0.2, -0.15) is 5.48 Å². The van der Waals surface area contributed by atoms with Crippen LogP contribution in [0, 0.1) is 17.3 Å². The van der Waals surface area contributed by atoms with E-state index in [9.17, 15) is 0 Å². The van der Waals surface area contributed by atoms with Gasteiger partial charge in [0, 0.05) is 0 Å². The van der Waals surface area contributed by atoms with Crippen molar-refractivity contribution in [2.45, 2.75) is 39.2 Å². The molecule has 0 aliphatic heterocycles. The molecule has 4 heteroatoms. The molecule has 2 rings (SSSR count). The average Bonchev–Trinajstić information content (AvgIpc) is 2.66. The summed E-state index contributed by atoms with van der Waals surface area (Å²) in [5.74, 6) is 1.26. The number of rotatable bonds is 1. The van der Waals surface area contributed by atoms with Gasteiger partial charge in [-0.05, 0) is 37.0 Å². The highest BCUT2D eigenvalue weighted by Gasteiger charge is 2.63. The highest BCUT2D eigenvalue weighted by Crippen LogP contribution is 2.65. The van der Waals surface area contributed by atoms with Crippen molar-refractivity contribution >= 4 is 5.71 Å². The fourth-order valence-electron chi connectivity index (χ4n) is 2.92. The molecule has 2 aliphatic rings. The Kier molecular flexibility index (Phi) is 1.92. The molecule has 3 atom stereocenters. The zero-order chi connectivity index (χ0) is 10.6. The number of nitrogens with zero attached hydrogens (tertiary/aromatic N) is 1. The number of fused-ring (bicyclic) bond motifs is 1. The van der Waals surface area contributed by atoms with Crippen molar-refractivity contribution < 1.29 is 10.4 Å². The third-order valence-electron chi connectivity index (χ3n) is 4.33. The smallest absolute Gasteiger partial charge is 0.0818 e. The highest BCUT2D eigenvalue weighted by molar-refractivity contribution is 5.94. The van der Waals surface area contributed by atoms with Crippen LogP contribution in [0.2, 0.25) is 0 Å². The lowest BCUT2D eigenvalue weighted by Crippen LogP contribution is -2.50. The van der Waals surface area contributed by atoms with Crippen LogP contribution in [0.1, 0.15) is 33.6 Å². The summed E-state index contributed by atoms with van der Waals surface area (Å²) in [4.78, 5) is 0. The van der Waals surface area contributed by atoms with Crippen molar-refractivity contribution in [3.8, 4) is 0 Å². The molecule has 0 spiro atoms. The third-order valence-corrected chi connectivity index (χ3v) is 4.33. The van der Waals surface area contributed by atoms with Crippen molar-refractivity contribution in [3.63, 3.8) is 0 Å². The molecule has 0 saturated heterocycles. The van der Waals surface area contributed by atoms with E-state index >= 15 is 0 Å². The maximum atomic E-state index is 9.12. The predicted molar refractivity (Wildman–Crippen MR) is 52.5 cm³/mol. The predicted octanol–water partition coefficient (Wildman–Crippen LogP) is 1.62. The van der Waals surface area contributed by atoms with Gasteiger partial charge >= 0.3 is 0 Å². The zero-order valence-corrected chi connectivity index (χ0v) is 8.91. The van der Waals surface area contributed by atoms with Crippen LogP contribution < -0.4 is 5.48 Å². The Labute approximate surface area is 84.0 Å². The van der Waals surface area contributed by atoms with Crippen LogP contribution in [-0.2, 0) is 0 Å². The van der Waals surface area contributed by atoms with Gasteiger partial charge in [0.1, 0.15) is 0 Å². The Morgan fingerprint density at radius 2 is 2.00 bits per heavy atom. The van der Waals surface area contributed by atoms with E-state index in [1.165, 1.54) is 0 Å². The standard InChI is InChI=1S/C10H18N2O2/c1-9(2)6-4-8(11-13)10(3,12-14)5-7(6)9/h6-7,12-14H,4-5H2,1-3H3/b11-8-. The first-order chi connectivity index (χ1) is 6.45. The van der Waals surface area contributed by atoms with Crippen molar-refractivity contribution in [3.05, 3.63) is 0 Å². The molecular formula is C10H18N2O2. The van der Waals surface area contributed by atoms with Gasteiger partial charge in [-0.15, -0.1) is 0 Å². The van der Waals surface area contributed by atoms with Gasteiger partial charge in [-0.25, -0.2) is 0 Å². The van der Waals surface area contributed by atoms with Crippen LogP contribution in [0.5, 0.6) is 0 Å². The van der Waals surface area contributed by atoms with Crippen LogP contribution in [0.25, 0.3) is 0 Å². The lowest BCUT2D eigenvalue weighted by Gasteiger charge is -2.32. The molecular weight excluding hydrogens is 180 g/mol. The second-order valence-electron chi connectivity index (χ2n) is 5.43. The normalized spacial score (nSPS) is 47.6. The van der Waals surface area contributed by atoms with Crippen LogP contribution in [0.4, 0.5) is 0 Å². The molecule has 0 bridgehead atoms. The molecule has 3 N–H and O–H groups in total. The summed E-state index contributed by atoms with van der Waals surface area (Å²) < 4.78 is 0. The van der Waals surface area contributed by atoms with Gasteiger partial charge in [0.15, 0.2) is 0 Å². The summed E-state index contributed by atoms with van der Waals surface area (Å²) >= 11 is 0. The van der Waals surface area contributed by atoms with Gasteiger partial charge in [-0.3, -0.25) is 0 Å². The first kappa shape index (κ1) is 9.93. The topological polar surface area (TPSA) is 64.8 Å². The van der Waals surface area contributed by atoms with Gasteiger partial charge in [0.2, 0.25) is 0 Å². The zero-order valence-electron chi connectivity index (χ0n) is 8.91. The molecule has 80 valence electrons. The lowest BCUT2D eigenvalue weighted by atomic mass is 9.82. The number of oxime groups is 1. The molecule has 14 heavy (non-hydrogen) atoms. The second-order valence-corrected chi connectivity index (χ2v) is 5.43. The van der Waals surface area contributed by atoms with E-state index in [-0.39, 0.29) is 0 Å². The van der Waals surface area contributed by atoms with Crippen LogP contribution in [-0.4, -0.2) is 21.7 Å². The maximum Gasteiger partial charge on any atom is 0.0818 e. The minimum absolute atomic E-state index is 0.338. The number of hydrogen-bond acceptors (Lipinski definition) is 4. The minimum Gasteiger partial charge on any atom is -0.411 e. The van der Waals surface area contributed by atoms with E-state index in [2.05, 4.69) is 24.5 Å². The molecule has 4 nitrogen and oxygen atoms in total. The van der Waals surface area contributed by atoms with E-state index in [1.54, 1.807) is 0 Å². The molecule has 3 unspecified atom stereocenters. The van der Waals surface area contributed by atoms with Gasteiger partial charge in [0.05, 0.1) is 11.3 Å². The molecule has 0 radical (unpaired) electrons. The lowest BCUT2D eigenvalue weighted by molar-refractivity contribution is 0.0902. The summed E-state index contributed by atoms with van der Waals surface area (Å²) in [7, 11) is 0. The first-order valence-electron chi connectivity index (χ1n) is 5.08.